The van der Waals surface area contributed by atoms with Gasteiger partial charge in [-0.1, -0.05) is 14.0 Å². The highest BCUT2D eigenvalue weighted by Crippen LogP contribution is 1.89. The molecule has 0 saturated heterocycles. The van der Waals surface area contributed by atoms with Gasteiger partial charge in [0.1, 0.15) is 11.9 Å². The lowest BCUT2D eigenvalue weighted by Crippen LogP contribution is -2.34. The number of methoxy groups -OCH3 is 1. The molecule has 0 saturated carbocycles. The molecule has 0 spiro atoms. The number of aromatic amines is 10. The van der Waals surface area contributed by atoms with Gasteiger partial charge in [-0.15, -0.1) is 10.2 Å². The fourth-order valence-electron chi connectivity index (χ4n) is 2.12. The Hall–Kier alpha value is -9.29. The molecule has 5 aromatic rings. The summed E-state index contributed by atoms with van der Waals surface area (Å²) in [6, 6.07) is 0. The standard InChI is InChI=1S/C4H4N4O3.C4H2N4O2.C4H5N3O2.C4H6O3.C3H2BrN3O2.C3H3N3O2.CH5N3S.CO2.CH4.B2.H2O2.5H2/c9-1-5-2-3(10)6-4(11)8-7-2;1-5-2-3(9)6-4(10)8-7-2;1-2-3(8)5-4(9)7-6-2;1-3(5)4(6)7-2;4-1-2(8)5-3(9)7-6-1;7-2-1-4-6-3(8)5-2;2-1(5)4-3;2-1-3;;2*1-2;;;;;/h1H,(H,5,7,9)(H2,6,8,10,11);(H2,6,8,9,10);1H3,(H2,5,7,8,9);1-2H3;(H2,5,7,8,9);1H,(H2,5,6,7,8);3H2,(H3,2,4,5);;1H4;;1-2H;5*1H/i;;;;;;;;;;;2*1+1D;3*1+1. The third-order valence-corrected chi connectivity index (χ3v) is 5.11. The van der Waals surface area contributed by atoms with Gasteiger partial charge in [-0.3, -0.25) is 69.0 Å². The summed E-state index contributed by atoms with van der Waals surface area (Å²) in [7, 11) is 9.17. The number of nitrogens with two attached hydrogens (primary N) is 2. The molecule has 0 aliphatic heterocycles. The van der Waals surface area contributed by atoms with Crippen molar-refractivity contribution in [3.8, 4) is 0 Å². The highest BCUT2D eigenvalue weighted by Gasteiger charge is 2.03. The Bertz CT molecular complexity index is 2870. The molecule has 1 amide bonds. The van der Waals surface area contributed by atoms with Crippen LogP contribution in [0, 0.1) is 13.5 Å². The molecule has 5 heterocycles. The third kappa shape index (κ3) is 39.3. The lowest BCUT2D eigenvalue weighted by atomic mass is 9.81. The van der Waals surface area contributed by atoms with Crippen molar-refractivity contribution in [3.05, 3.63) is 132 Å². The first-order chi connectivity index (χ1) is 33.0. The number of nitrogens with one attached hydrogen (secondary N) is 12. The van der Waals surface area contributed by atoms with Gasteiger partial charge in [0.05, 0.1) is 7.11 Å². The molecule has 0 fully saturated rings. The molecule has 0 aliphatic carbocycles. The summed E-state index contributed by atoms with van der Waals surface area (Å²) in [5.41, 5.74) is 0.917. The fraction of sp³-hybridized carbons (Fsp3) is 0.160. The number of rotatable bonds is 3. The summed E-state index contributed by atoms with van der Waals surface area (Å²) in [6.45, 7) is 9.04. The van der Waals surface area contributed by atoms with Gasteiger partial charge in [0.2, 0.25) is 18.0 Å². The van der Waals surface area contributed by atoms with Gasteiger partial charge in [-0.25, -0.2) is 55.0 Å². The van der Waals surface area contributed by atoms with Crippen LogP contribution < -0.4 is 78.6 Å². The van der Waals surface area contributed by atoms with E-state index < -0.39 is 68.0 Å². The van der Waals surface area contributed by atoms with Gasteiger partial charge >= 0.3 is 46.4 Å². The number of nitrogens with zero attached hydrogens (tertiary/aromatic N) is 6. The molecule has 4 radical (unpaired) electrons. The predicted octanol–water partition coefficient (Wildman–Crippen LogP) is -7.54. The Morgan fingerprint density at radius 1 is 0.836 bits per heavy atom. The second-order valence-corrected chi connectivity index (χ2v) is 9.97. The number of hydrazine groups is 1. The molecular weight excluding hydrogens is 1000 g/mol. The zero-order valence-corrected chi connectivity index (χ0v) is 35.3. The minimum atomic E-state index is -0.792. The lowest BCUT2D eigenvalue weighted by molar-refractivity contribution is -0.191. The minimum Gasteiger partial charge on any atom is -0.463 e. The van der Waals surface area contributed by atoms with Gasteiger partial charge in [0.25, 0.3) is 27.8 Å². The van der Waals surface area contributed by atoms with E-state index in [0.29, 0.717) is 0 Å². The van der Waals surface area contributed by atoms with Crippen LogP contribution in [-0.4, -0.2) is 138 Å². The van der Waals surface area contributed by atoms with Gasteiger partial charge < -0.3 is 26.1 Å². The van der Waals surface area contributed by atoms with E-state index in [0.717, 1.165) is 13.1 Å². The number of carbonyl (C=O) groups excluding carboxylic acids is 5. The smallest absolute Gasteiger partial charge is 0.374 e. The van der Waals surface area contributed by atoms with E-state index >= 15 is 0 Å². The van der Waals surface area contributed by atoms with E-state index in [1.807, 2.05) is 56.1 Å². The van der Waals surface area contributed by atoms with Crippen molar-refractivity contribution in [2.24, 2.45) is 11.6 Å². The molecule has 0 atom stereocenters. The molecular formula is C25H43B2BrN20O18S. The van der Waals surface area contributed by atoms with Crippen molar-refractivity contribution in [2.45, 2.75) is 21.3 Å². The number of thiocarbonyl (C=S) groups is 1. The van der Waals surface area contributed by atoms with E-state index in [1.165, 1.54) is 14.0 Å². The summed E-state index contributed by atoms with van der Waals surface area (Å²) >= 11 is 7.04. The predicted molar refractivity (Wildman–Crippen MR) is 242 cm³/mol. The van der Waals surface area contributed by atoms with Crippen molar-refractivity contribution >= 4 is 84.7 Å². The topological polar surface area (TPSA) is 609 Å². The second kappa shape index (κ2) is 43.4. The maximum Gasteiger partial charge on any atom is 0.374 e. The van der Waals surface area contributed by atoms with Gasteiger partial charge in [0, 0.05) is 32.6 Å². The number of ketones is 1. The molecule has 18 N–H and O–H groups in total. The first kappa shape index (κ1) is 64.3. The summed E-state index contributed by atoms with van der Waals surface area (Å²) in [5.74, 6) is 2.70. The number of amides is 1. The summed E-state index contributed by atoms with van der Waals surface area (Å²) < 4.78 is 24.1. The Labute approximate surface area is 392 Å². The van der Waals surface area contributed by atoms with Crippen molar-refractivity contribution in [1.82, 2.24) is 81.3 Å². The fourth-order valence-corrected chi connectivity index (χ4v) is 2.31. The summed E-state index contributed by atoms with van der Waals surface area (Å²) in [5, 5.41) is 40.4. The van der Waals surface area contributed by atoms with Crippen molar-refractivity contribution in [2.75, 3.05) is 12.4 Å². The number of carbonyl (C=O) groups is 3. The second-order valence-electron chi connectivity index (χ2n) is 8.78. The number of anilines is 1. The Morgan fingerprint density at radius 2 is 1.24 bits per heavy atom. The Balaban J connectivity index is -0.0000000672. The van der Waals surface area contributed by atoms with Crippen LogP contribution in [0.25, 0.3) is 4.85 Å². The number of hydrogen-bond donors (Lipinski definition) is 16. The maximum atomic E-state index is 10.7. The number of halogens is 1. The summed E-state index contributed by atoms with van der Waals surface area (Å²) in [4.78, 5) is 162. The number of hydrogen-bond acceptors (Lipinski definition) is 25. The monoisotopic (exact) mass is 1050 g/mol. The van der Waals surface area contributed by atoms with Crippen LogP contribution in [0.2, 0.25) is 0 Å². The number of aryl methyl sites for hydroxylation is 1. The van der Waals surface area contributed by atoms with Crippen LogP contribution in [-0.2, 0) is 28.7 Å². The van der Waals surface area contributed by atoms with Gasteiger partial charge in [0.15, 0.2) is 9.72 Å². The van der Waals surface area contributed by atoms with E-state index in [4.69, 9.17) is 38.3 Å². The van der Waals surface area contributed by atoms with Crippen LogP contribution in [0.1, 0.15) is 30.3 Å². The largest absolute Gasteiger partial charge is 0.463 e. The third-order valence-electron chi connectivity index (χ3n) is 4.46. The van der Waals surface area contributed by atoms with Crippen molar-refractivity contribution in [3.63, 3.8) is 0 Å². The van der Waals surface area contributed by atoms with Crippen LogP contribution in [0.5, 0.6) is 0 Å². The van der Waals surface area contributed by atoms with Gasteiger partial charge in [-0.05, 0) is 40.2 Å². The quantitative estimate of drug-likeness (QED) is 0.00918. The van der Waals surface area contributed by atoms with E-state index in [2.05, 4.69) is 89.6 Å². The SMILES string of the molecule is C.COC(=O)C(C)=O.Cc1n[nH]c(=O)[nH]c1=O.NNC(N)=S.O=C=O.O=CNc1n[nH]c(=O)[nH]c1=O.O=c1[nH]nc(Br)c(=O)[nH]1.O=c1cn[nH]c(=O)[nH]1.OO.[2HH].[2HH].[2HH].[2H][2H].[2H][2H].[B][B].[C-]#[N+]c1n[nH]c(=O)[nH]c1=O. The van der Waals surface area contributed by atoms with E-state index in [1.54, 1.807) is 0 Å². The number of ether oxygens (including phenoxy) is 1. The number of Topliss-reactive ketones (excluding diaryl/α,β-unsaturated/α-hetero) is 1. The molecule has 38 nitrogen and oxygen atoms in total. The van der Waals surface area contributed by atoms with Crippen LogP contribution >= 0.6 is 28.1 Å². The molecule has 5 aromatic heterocycles. The van der Waals surface area contributed by atoms with Crippen LogP contribution in [0.4, 0.5) is 11.6 Å². The highest BCUT2D eigenvalue weighted by atomic mass is 79.9. The van der Waals surface area contributed by atoms with Gasteiger partial charge in [-0.2, -0.15) is 24.9 Å². The molecule has 67 heavy (non-hydrogen) atoms. The summed E-state index contributed by atoms with van der Waals surface area (Å²) in [6.07, 6.45) is 1.53. The average Bonchev–Trinajstić information content (AvgIpc) is 3.34. The van der Waals surface area contributed by atoms with E-state index in [-0.39, 0.29) is 51.3 Å². The zero-order chi connectivity index (χ0) is 56.4. The molecule has 0 unspecified atom stereocenters. The Morgan fingerprint density at radius 3 is 1.52 bits per heavy atom. The first-order valence-corrected chi connectivity index (χ1v) is 16.2. The van der Waals surface area contributed by atoms with E-state index in [9.17, 15) is 62.3 Å². The lowest BCUT2D eigenvalue weighted by Gasteiger charge is -1.90. The van der Waals surface area contributed by atoms with Crippen LogP contribution in [0.3, 0.4) is 0 Å². The van der Waals surface area contributed by atoms with Crippen LogP contribution in [0.15, 0.2) is 58.7 Å². The molecule has 0 aromatic carbocycles. The molecule has 0 bridgehead atoms. The number of aromatic nitrogens is 15. The zero-order valence-electron chi connectivity index (χ0n) is 36.9. The normalized spacial score (nSPS) is 8.21. The van der Waals surface area contributed by atoms with Crippen molar-refractivity contribution in [1.29, 1.82) is 0 Å². The van der Waals surface area contributed by atoms with Crippen molar-refractivity contribution < 1.29 is 49.4 Å². The molecule has 370 valence electrons. The maximum absolute atomic E-state index is 10.7. The number of esters is 1. The average molecular weight is 1050 g/mol. The molecule has 5 rings (SSSR count). The highest BCUT2D eigenvalue weighted by molar-refractivity contribution is 9.10. The Kier molecular flexibility index (Phi) is 41.6. The molecule has 0 aliphatic rings. The molecule has 42 heteroatoms. The first-order valence-electron chi connectivity index (χ1n) is 17.0. The minimum absolute atomic E-state index is 0. The number of H-pyrrole nitrogens is 10.